The Kier molecular flexibility index (Phi) is 3.00. The highest BCUT2D eigenvalue weighted by Crippen LogP contribution is 2.40. The molecule has 3 rings (SSSR count). The number of fused-ring (bicyclic) bond motifs is 1. The molecule has 0 aliphatic heterocycles. The van der Waals surface area contributed by atoms with Crippen molar-refractivity contribution in [2.24, 2.45) is 0 Å². The minimum atomic E-state index is -2.51. The number of alkyl halides is 2. The van der Waals surface area contributed by atoms with Crippen molar-refractivity contribution in [1.82, 2.24) is 9.97 Å². The maximum atomic E-state index is 13.2. The van der Waals surface area contributed by atoms with Gasteiger partial charge in [-0.3, -0.25) is 0 Å². The zero-order valence-electron chi connectivity index (χ0n) is 10.2. The van der Waals surface area contributed by atoms with Crippen LogP contribution in [0.4, 0.5) is 14.5 Å². The second-order valence-electron chi connectivity index (χ2n) is 5.14. The lowest BCUT2D eigenvalue weighted by molar-refractivity contribution is -0.0387. The van der Waals surface area contributed by atoms with Crippen LogP contribution in [0, 0.1) is 0 Å². The monoisotopic (exact) mass is 329 g/mol. The third kappa shape index (κ3) is 2.45. The summed E-state index contributed by atoms with van der Waals surface area (Å²) < 4.78 is 27.2. The molecule has 0 spiro atoms. The first kappa shape index (κ1) is 12.8. The van der Waals surface area contributed by atoms with E-state index in [2.05, 4.69) is 25.9 Å². The van der Waals surface area contributed by atoms with Crippen LogP contribution in [0.2, 0.25) is 0 Å². The largest absolute Gasteiger partial charge is 0.397 e. The molecule has 2 aromatic rings. The van der Waals surface area contributed by atoms with Crippen LogP contribution in [0.5, 0.6) is 0 Å². The molecule has 1 heterocycles. The number of aromatic amines is 1. The Morgan fingerprint density at radius 3 is 2.68 bits per heavy atom. The summed E-state index contributed by atoms with van der Waals surface area (Å²) in [6.45, 7) is 0. The number of benzene rings is 1. The average Bonchev–Trinajstić information content (AvgIpc) is 2.72. The highest BCUT2D eigenvalue weighted by atomic mass is 79.9. The van der Waals surface area contributed by atoms with Crippen molar-refractivity contribution in [1.29, 1.82) is 0 Å². The molecule has 0 unspecified atom stereocenters. The summed E-state index contributed by atoms with van der Waals surface area (Å²) in [6, 6.07) is 3.70. The Morgan fingerprint density at radius 2 is 2.00 bits per heavy atom. The Labute approximate surface area is 117 Å². The number of halogens is 3. The predicted molar refractivity (Wildman–Crippen MR) is 74.4 cm³/mol. The number of imidazole rings is 1. The maximum absolute atomic E-state index is 13.2. The van der Waals surface area contributed by atoms with Crippen LogP contribution in [-0.4, -0.2) is 15.9 Å². The number of anilines is 1. The van der Waals surface area contributed by atoms with Crippen molar-refractivity contribution in [3.05, 3.63) is 22.4 Å². The van der Waals surface area contributed by atoms with E-state index in [0.29, 0.717) is 18.5 Å². The number of nitrogen functional groups attached to an aromatic ring is 1. The van der Waals surface area contributed by atoms with Gasteiger partial charge in [0, 0.05) is 23.2 Å². The van der Waals surface area contributed by atoms with Crippen LogP contribution >= 0.6 is 15.9 Å². The molecule has 0 radical (unpaired) electrons. The second kappa shape index (κ2) is 4.44. The summed E-state index contributed by atoms with van der Waals surface area (Å²) in [4.78, 5) is 7.69. The topological polar surface area (TPSA) is 54.7 Å². The molecule has 1 fully saturated rings. The number of nitrogens with two attached hydrogens (primary N) is 1. The summed E-state index contributed by atoms with van der Waals surface area (Å²) in [5, 5.41) is 0. The minimum Gasteiger partial charge on any atom is -0.397 e. The van der Waals surface area contributed by atoms with Gasteiger partial charge in [-0.25, -0.2) is 13.8 Å². The van der Waals surface area contributed by atoms with E-state index in [9.17, 15) is 8.78 Å². The fraction of sp³-hybridized carbons (Fsp3) is 0.462. The van der Waals surface area contributed by atoms with E-state index in [-0.39, 0.29) is 18.8 Å². The van der Waals surface area contributed by atoms with Crippen LogP contribution in [-0.2, 0) is 0 Å². The van der Waals surface area contributed by atoms with Gasteiger partial charge in [-0.15, -0.1) is 0 Å². The number of hydrogen-bond acceptors (Lipinski definition) is 2. The van der Waals surface area contributed by atoms with Crippen molar-refractivity contribution < 1.29 is 8.78 Å². The molecular weight excluding hydrogens is 316 g/mol. The van der Waals surface area contributed by atoms with E-state index in [1.165, 1.54) is 0 Å². The first-order chi connectivity index (χ1) is 8.94. The lowest BCUT2D eigenvalue weighted by atomic mass is 9.86. The summed E-state index contributed by atoms with van der Waals surface area (Å²) >= 11 is 3.38. The van der Waals surface area contributed by atoms with Gasteiger partial charge in [-0.2, -0.15) is 0 Å². The Bertz CT molecular complexity index is 614. The number of hydrogen-bond donors (Lipinski definition) is 2. The van der Waals surface area contributed by atoms with Crippen LogP contribution in [0.15, 0.2) is 16.6 Å². The standard InChI is InChI=1S/C13H14BrF2N3/c14-8-5-9(17)11-10(6-8)18-12(19-11)7-1-3-13(15,16)4-2-7/h5-7H,1-4,17H2,(H,18,19). The zero-order chi connectivity index (χ0) is 13.6. The molecule has 6 heteroatoms. The zero-order valence-corrected chi connectivity index (χ0v) is 11.8. The van der Waals surface area contributed by atoms with E-state index >= 15 is 0 Å². The van der Waals surface area contributed by atoms with Gasteiger partial charge in [0.25, 0.3) is 0 Å². The average molecular weight is 330 g/mol. The first-order valence-electron chi connectivity index (χ1n) is 6.27. The lowest BCUT2D eigenvalue weighted by Crippen LogP contribution is -2.24. The molecule has 1 aromatic heterocycles. The Hall–Kier alpha value is -1.17. The van der Waals surface area contributed by atoms with Gasteiger partial charge >= 0.3 is 0 Å². The third-order valence-corrected chi connectivity index (χ3v) is 4.16. The van der Waals surface area contributed by atoms with E-state index in [1.54, 1.807) is 6.07 Å². The van der Waals surface area contributed by atoms with Gasteiger partial charge in [0.2, 0.25) is 5.92 Å². The van der Waals surface area contributed by atoms with Crippen molar-refractivity contribution in [3.63, 3.8) is 0 Å². The van der Waals surface area contributed by atoms with Crippen LogP contribution in [0.3, 0.4) is 0 Å². The summed E-state index contributed by atoms with van der Waals surface area (Å²) in [5.74, 6) is -1.66. The molecule has 1 aromatic carbocycles. The molecule has 102 valence electrons. The van der Waals surface area contributed by atoms with Crippen molar-refractivity contribution in [3.8, 4) is 0 Å². The number of nitrogens with one attached hydrogen (secondary N) is 1. The Morgan fingerprint density at radius 1 is 1.32 bits per heavy atom. The number of nitrogens with zero attached hydrogens (tertiary/aromatic N) is 1. The molecule has 3 nitrogen and oxygen atoms in total. The van der Waals surface area contributed by atoms with Gasteiger partial charge in [0.1, 0.15) is 11.3 Å². The van der Waals surface area contributed by atoms with E-state index in [4.69, 9.17) is 5.73 Å². The molecular formula is C13H14BrF2N3. The van der Waals surface area contributed by atoms with Gasteiger partial charge in [-0.05, 0) is 25.0 Å². The molecule has 0 amide bonds. The lowest BCUT2D eigenvalue weighted by Gasteiger charge is -2.26. The summed E-state index contributed by atoms with van der Waals surface area (Å²) in [6.07, 6.45) is 0.809. The highest BCUT2D eigenvalue weighted by molar-refractivity contribution is 9.10. The normalized spacial score (nSPS) is 19.9. The molecule has 1 aliphatic carbocycles. The summed E-state index contributed by atoms with van der Waals surface area (Å²) in [7, 11) is 0. The van der Waals surface area contributed by atoms with Gasteiger partial charge in [0.05, 0.1) is 11.2 Å². The third-order valence-electron chi connectivity index (χ3n) is 3.70. The van der Waals surface area contributed by atoms with Crippen LogP contribution in [0.1, 0.15) is 37.4 Å². The first-order valence-corrected chi connectivity index (χ1v) is 7.06. The van der Waals surface area contributed by atoms with Crippen molar-refractivity contribution >= 4 is 32.7 Å². The summed E-state index contributed by atoms with van der Waals surface area (Å²) in [5.41, 5.74) is 8.07. The van der Waals surface area contributed by atoms with Crippen LogP contribution in [0.25, 0.3) is 11.0 Å². The SMILES string of the molecule is Nc1cc(Br)cc2[nH]c(C3CCC(F)(F)CC3)nc12. The van der Waals surface area contributed by atoms with Gasteiger partial charge < -0.3 is 10.7 Å². The van der Waals surface area contributed by atoms with Gasteiger partial charge in [-0.1, -0.05) is 15.9 Å². The van der Waals surface area contributed by atoms with E-state index in [0.717, 1.165) is 21.3 Å². The quantitative estimate of drug-likeness (QED) is 0.770. The molecule has 1 aliphatic rings. The van der Waals surface area contributed by atoms with Crippen molar-refractivity contribution in [2.45, 2.75) is 37.5 Å². The number of rotatable bonds is 1. The molecule has 19 heavy (non-hydrogen) atoms. The maximum Gasteiger partial charge on any atom is 0.248 e. The highest BCUT2D eigenvalue weighted by Gasteiger charge is 2.36. The molecule has 3 N–H and O–H groups in total. The molecule has 0 atom stereocenters. The smallest absolute Gasteiger partial charge is 0.248 e. The van der Waals surface area contributed by atoms with Crippen molar-refractivity contribution in [2.75, 3.05) is 5.73 Å². The minimum absolute atomic E-state index is 0.0616. The fourth-order valence-corrected chi connectivity index (χ4v) is 3.11. The molecule has 0 bridgehead atoms. The fourth-order valence-electron chi connectivity index (χ4n) is 2.63. The number of H-pyrrole nitrogens is 1. The van der Waals surface area contributed by atoms with Gasteiger partial charge in [0.15, 0.2) is 0 Å². The van der Waals surface area contributed by atoms with E-state index in [1.807, 2.05) is 6.07 Å². The number of aromatic nitrogens is 2. The van der Waals surface area contributed by atoms with Crippen LogP contribution < -0.4 is 5.73 Å². The van der Waals surface area contributed by atoms with E-state index < -0.39 is 5.92 Å². The Balaban J connectivity index is 1.92. The predicted octanol–water partition coefficient (Wildman–Crippen LogP) is 4.20. The molecule has 0 saturated heterocycles. The second-order valence-corrected chi connectivity index (χ2v) is 6.06. The molecule has 1 saturated carbocycles.